The summed E-state index contributed by atoms with van der Waals surface area (Å²) in [6.45, 7) is 0. The van der Waals surface area contributed by atoms with Crippen molar-refractivity contribution in [1.29, 1.82) is 0 Å². The second-order valence-electron chi connectivity index (χ2n) is 2.08. The topological polar surface area (TPSA) is 43.6 Å². The Labute approximate surface area is 71.4 Å². The Bertz CT molecular complexity index is 336. The van der Waals surface area contributed by atoms with Crippen molar-refractivity contribution in [3.8, 4) is 0 Å². The Hall–Kier alpha value is -0.970. The number of fused-ring (bicyclic) bond motifs is 1. The predicted molar refractivity (Wildman–Crippen MR) is 44.3 cm³/mol. The van der Waals surface area contributed by atoms with Crippen molar-refractivity contribution in [2.24, 2.45) is 0 Å². The summed E-state index contributed by atoms with van der Waals surface area (Å²) in [5, 5.41) is 4.18. The molecule has 0 radical (unpaired) electrons. The van der Waals surface area contributed by atoms with Crippen LogP contribution in [0.1, 0.15) is 0 Å². The van der Waals surface area contributed by atoms with E-state index < -0.39 is 0 Å². The number of halogens is 1. The number of nitrogens with zero attached hydrogens (tertiary/aromatic N) is 4. The average Bonchev–Trinajstić information content (AvgIpc) is 2.46. The van der Waals surface area contributed by atoms with Gasteiger partial charge in [0.1, 0.15) is 17.4 Å². The molecule has 0 fully saturated rings. The van der Waals surface area contributed by atoms with E-state index in [9.17, 15) is 0 Å². The van der Waals surface area contributed by atoms with E-state index in [4.69, 9.17) is 0 Å². The second-order valence-corrected chi connectivity index (χ2v) is 2.58. The molecule has 56 valence electrons. The van der Waals surface area contributed by atoms with Crippen LogP contribution in [0.25, 0.3) is 11.0 Å². The van der Waals surface area contributed by atoms with Gasteiger partial charge >= 0.3 is 0 Å². The first-order valence-electron chi connectivity index (χ1n) is 3.09. The van der Waals surface area contributed by atoms with Crippen LogP contribution in [0.15, 0.2) is 18.7 Å². The first-order valence-corrected chi connectivity index (χ1v) is 4.21. The fourth-order valence-electron chi connectivity index (χ4n) is 0.878. The van der Waals surface area contributed by atoms with E-state index in [0.717, 1.165) is 11.0 Å². The molecule has 0 aliphatic rings. The van der Waals surface area contributed by atoms with E-state index in [0.29, 0.717) is 5.45 Å². The molecule has 0 unspecified atom stereocenters. The number of rotatable bonds is 1. The van der Waals surface area contributed by atoms with Crippen LogP contribution in [0, 0.1) is 0 Å². The van der Waals surface area contributed by atoms with Gasteiger partial charge in [-0.25, -0.2) is 9.97 Å². The number of alkyl halides is 1. The molecule has 0 aliphatic heterocycles. The SMILES string of the molecule is BrCn1cc2ncncc2n1. The van der Waals surface area contributed by atoms with E-state index in [1.54, 1.807) is 10.9 Å². The highest BCUT2D eigenvalue weighted by atomic mass is 79.9. The van der Waals surface area contributed by atoms with Gasteiger partial charge in [0.25, 0.3) is 0 Å². The molecule has 0 bridgehead atoms. The lowest BCUT2D eigenvalue weighted by atomic mass is 10.5. The molecule has 2 aromatic heterocycles. The minimum atomic E-state index is 0.684. The van der Waals surface area contributed by atoms with Gasteiger partial charge in [0, 0.05) is 0 Å². The molecule has 0 aliphatic carbocycles. The average molecular weight is 213 g/mol. The van der Waals surface area contributed by atoms with Crippen LogP contribution in [-0.4, -0.2) is 19.7 Å². The van der Waals surface area contributed by atoms with Crippen LogP contribution in [0.4, 0.5) is 0 Å². The molecular formula is C6H5BrN4. The Morgan fingerprint density at radius 1 is 1.45 bits per heavy atom. The van der Waals surface area contributed by atoms with E-state index in [-0.39, 0.29) is 0 Å². The molecule has 0 N–H and O–H groups in total. The first-order chi connectivity index (χ1) is 5.40. The van der Waals surface area contributed by atoms with Gasteiger partial charge in [-0.3, -0.25) is 4.68 Å². The maximum Gasteiger partial charge on any atom is 0.129 e. The van der Waals surface area contributed by atoms with Crippen molar-refractivity contribution in [3.63, 3.8) is 0 Å². The van der Waals surface area contributed by atoms with Crippen LogP contribution in [-0.2, 0) is 5.45 Å². The molecular weight excluding hydrogens is 208 g/mol. The zero-order valence-electron chi connectivity index (χ0n) is 5.61. The van der Waals surface area contributed by atoms with Gasteiger partial charge in [0.15, 0.2) is 0 Å². The minimum absolute atomic E-state index is 0.684. The van der Waals surface area contributed by atoms with Crippen LogP contribution < -0.4 is 0 Å². The summed E-state index contributed by atoms with van der Waals surface area (Å²) in [4.78, 5) is 7.89. The smallest absolute Gasteiger partial charge is 0.129 e. The molecule has 5 heteroatoms. The van der Waals surface area contributed by atoms with Crippen molar-refractivity contribution in [3.05, 3.63) is 18.7 Å². The molecule has 0 aromatic carbocycles. The van der Waals surface area contributed by atoms with E-state index in [1.165, 1.54) is 6.33 Å². The fourth-order valence-corrected chi connectivity index (χ4v) is 1.13. The minimum Gasteiger partial charge on any atom is -0.259 e. The molecule has 2 heterocycles. The summed E-state index contributed by atoms with van der Waals surface area (Å²) >= 11 is 3.29. The lowest BCUT2D eigenvalue weighted by Gasteiger charge is -1.86. The predicted octanol–water partition coefficient (Wildman–Crippen LogP) is 1.18. The van der Waals surface area contributed by atoms with Crippen LogP contribution >= 0.6 is 15.9 Å². The van der Waals surface area contributed by atoms with Gasteiger partial charge in [-0.15, -0.1) is 0 Å². The van der Waals surface area contributed by atoms with E-state index in [1.807, 2.05) is 6.20 Å². The maximum absolute atomic E-state index is 4.18. The molecule has 0 saturated heterocycles. The van der Waals surface area contributed by atoms with Gasteiger partial charge in [-0.2, -0.15) is 5.10 Å². The quantitative estimate of drug-likeness (QED) is 0.668. The molecule has 0 amide bonds. The summed E-state index contributed by atoms with van der Waals surface area (Å²) < 4.78 is 1.76. The highest BCUT2D eigenvalue weighted by Gasteiger charge is 1.98. The molecule has 11 heavy (non-hydrogen) atoms. The van der Waals surface area contributed by atoms with Crippen molar-refractivity contribution in [2.75, 3.05) is 0 Å². The Kier molecular flexibility index (Phi) is 1.58. The summed E-state index contributed by atoms with van der Waals surface area (Å²) in [6, 6.07) is 0. The molecule has 0 saturated carbocycles. The molecule has 4 nitrogen and oxygen atoms in total. The van der Waals surface area contributed by atoms with Crippen molar-refractivity contribution < 1.29 is 0 Å². The van der Waals surface area contributed by atoms with Crippen molar-refractivity contribution >= 4 is 27.0 Å². The maximum atomic E-state index is 4.18. The van der Waals surface area contributed by atoms with Crippen LogP contribution in [0.3, 0.4) is 0 Å². The first kappa shape index (κ1) is 6.72. The van der Waals surface area contributed by atoms with Crippen molar-refractivity contribution in [1.82, 2.24) is 19.7 Å². The third-order valence-electron chi connectivity index (χ3n) is 1.35. The molecule has 2 rings (SSSR count). The number of hydrogen-bond donors (Lipinski definition) is 0. The fraction of sp³-hybridized carbons (Fsp3) is 0.167. The monoisotopic (exact) mass is 212 g/mol. The zero-order chi connectivity index (χ0) is 7.68. The standard InChI is InChI=1S/C6H5BrN4/c7-3-11-2-6-5(10-11)1-8-4-9-6/h1-2,4H,3H2. The lowest BCUT2D eigenvalue weighted by molar-refractivity contribution is 0.770. The summed E-state index contributed by atoms with van der Waals surface area (Å²) in [6.07, 6.45) is 5.08. The third kappa shape index (κ3) is 1.11. The second kappa shape index (κ2) is 2.58. The van der Waals surface area contributed by atoms with Gasteiger partial charge in [0.05, 0.1) is 17.8 Å². The normalized spacial score (nSPS) is 10.6. The van der Waals surface area contributed by atoms with E-state index in [2.05, 4.69) is 31.0 Å². The molecule has 2 aromatic rings. The van der Waals surface area contributed by atoms with Gasteiger partial charge < -0.3 is 0 Å². The third-order valence-corrected chi connectivity index (χ3v) is 1.87. The highest BCUT2D eigenvalue weighted by molar-refractivity contribution is 9.08. The lowest BCUT2D eigenvalue weighted by Crippen LogP contribution is -1.89. The number of aromatic nitrogens is 4. The van der Waals surface area contributed by atoms with Crippen LogP contribution in [0.5, 0.6) is 0 Å². The van der Waals surface area contributed by atoms with Gasteiger partial charge in [0.2, 0.25) is 0 Å². The van der Waals surface area contributed by atoms with E-state index >= 15 is 0 Å². The van der Waals surface area contributed by atoms with Crippen molar-refractivity contribution in [2.45, 2.75) is 5.45 Å². The summed E-state index contributed by atoms with van der Waals surface area (Å²) in [5.41, 5.74) is 2.38. The summed E-state index contributed by atoms with van der Waals surface area (Å²) in [5.74, 6) is 0. The zero-order valence-corrected chi connectivity index (χ0v) is 7.19. The Morgan fingerprint density at radius 3 is 3.09 bits per heavy atom. The molecule has 0 atom stereocenters. The molecule has 0 spiro atoms. The Balaban J connectivity index is 2.69. The van der Waals surface area contributed by atoms with Gasteiger partial charge in [-0.1, -0.05) is 15.9 Å². The largest absolute Gasteiger partial charge is 0.259 e. The van der Waals surface area contributed by atoms with Gasteiger partial charge in [-0.05, 0) is 0 Å². The summed E-state index contributed by atoms with van der Waals surface area (Å²) in [7, 11) is 0. The highest BCUT2D eigenvalue weighted by Crippen LogP contribution is 2.06. The Morgan fingerprint density at radius 2 is 2.36 bits per heavy atom. The number of hydrogen-bond acceptors (Lipinski definition) is 3. The van der Waals surface area contributed by atoms with Crippen LogP contribution in [0.2, 0.25) is 0 Å².